The number of morpholine rings is 1. The lowest BCUT2D eigenvalue weighted by atomic mass is 10.3. The van der Waals surface area contributed by atoms with Crippen molar-refractivity contribution in [1.29, 1.82) is 0 Å². The molecule has 1 fully saturated rings. The number of ether oxygens (including phenoxy) is 1. The number of anilines is 2. The molecule has 0 unspecified atom stereocenters. The lowest BCUT2D eigenvalue weighted by Crippen LogP contribution is -2.41. The van der Waals surface area contributed by atoms with Crippen LogP contribution in [0.15, 0.2) is 11.0 Å². The third-order valence-corrected chi connectivity index (χ3v) is 2.67. The van der Waals surface area contributed by atoms with Gasteiger partial charge in [0.1, 0.15) is 5.69 Å². The zero-order valence-electron chi connectivity index (χ0n) is 9.35. The van der Waals surface area contributed by atoms with Gasteiger partial charge in [0.15, 0.2) is 0 Å². The number of hydrogen-bond acceptors (Lipinski definition) is 5. The summed E-state index contributed by atoms with van der Waals surface area (Å²) < 4.78 is 6.67. The Bertz CT molecular complexity index is 423. The molecule has 0 aliphatic carbocycles. The zero-order chi connectivity index (χ0) is 11.5. The van der Waals surface area contributed by atoms with Crippen LogP contribution >= 0.6 is 0 Å². The van der Waals surface area contributed by atoms with Gasteiger partial charge in [-0.25, -0.2) is 4.68 Å². The maximum absolute atomic E-state index is 12.1. The monoisotopic (exact) mass is 224 g/mol. The van der Waals surface area contributed by atoms with E-state index in [9.17, 15) is 4.79 Å². The van der Waals surface area contributed by atoms with Crippen LogP contribution < -0.4 is 16.2 Å². The van der Waals surface area contributed by atoms with Gasteiger partial charge in [0.05, 0.1) is 25.1 Å². The molecule has 88 valence electrons. The van der Waals surface area contributed by atoms with Crippen molar-refractivity contribution in [1.82, 2.24) is 9.78 Å². The number of nitrogen functional groups attached to an aromatic ring is 1. The Labute approximate surface area is 93.6 Å². The van der Waals surface area contributed by atoms with Crippen LogP contribution in [-0.2, 0) is 11.3 Å². The predicted molar refractivity (Wildman–Crippen MR) is 61.6 cm³/mol. The highest BCUT2D eigenvalue weighted by molar-refractivity contribution is 5.65. The molecular formula is C10H16N4O2. The molecular weight excluding hydrogens is 208 g/mol. The summed E-state index contributed by atoms with van der Waals surface area (Å²) in [5, 5.41) is 3.97. The molecule has 1 aliphatic rings. The van der Waals surface area contributed by atoms with E-state index in [0.29, 0.717) is 44.2 Å². The summed E-state index contributed by atoms with van der Waals surface area (Å²) in [6, 6.07) is 0. The first-order chi connectivity index (χ1) is 7.74. The van der Waals surface area contributed by atoms with Crippen LogP contribution in [0.25, 0.3) is 0 Å². The number of rotatable bonds is 2. The molecule has 6 nitrogen and oxygen atoms in total. The molecule has 1 aromatic rings. The molecule has 2 rings (SSSR count). The van der Waals surface area contributed by atoms with Crippen LogP contribution in [0.1, 0.15) is 6.92 Å². The summed E-state index contributed by atoms with van der Waals surface area (Å²) in [5.41, 5.74) is 6.69. The van der Waals surface area contributed by atoms with E-state index in [0.717, 1.165) is 0 Å². The number of aryl methyl sites for hydroxylation is 1. The highest BCUT2D eigenvalue weighted by Crippen LogP contribution is 2.17. The number of nitrogens with zero attached hydrogens (tertiary/aromatic N) is 3. The standard InChI is InChI=1S/C10H16N4O2/c1-2-14-10(15)9(8(11)7-12-14)13-3-5-16-6-4-13/h7H,2-6,11H2,1H3. The van der Waals surface area contributed by atoms with Gasteiger partial charge in [-0.3, -0.25) is 4.79 Å². The number of hydrogen-bond donors (Lipinski definition) is 1. The van der Waals surface area contributed by atoms with Gasteiger partial charge in [-0.1, -0.05) is 0 Å². The van der Waals surface area contributed by atoms with Gasteiger partial charge >= 0.3 is 0 Å². The van der Waals surface area contributed by atoms with E-state index in [-0.39, 0.29) is 5.56 Å². The second-order valence-corrected chi connectivity index (χ2v) is 3.67. The fourth-order valence-corrected chi connectivity index (χ4v) is 1.82. The molecule has 0 saturated carbocycles. The van der Waals surface area contributed by atoms with Crippen molar-refractivity contribution in [3.05, 3.63) is 16.6 Å². The largest absolute Gasteiger partial charge is 0.396 e. The molecule has 6 heteroatoms. The van der Waals surface area contributed by atoms with Crippen molar-refractivity contribution in [3.8, 4) is 0 Å². The molecule has 2 heterocycles. The third-order valence-electron chi connectivity index (χ3n) is 2.67. The first-order valence-corrected chi connectivity index (χ1v) is 5.42. The predicted octanol–water partition coefficient (Wildman–Crippen LogP) is -0.318. The minimum absolute atomic E-state index is 0.121. The van der Waals surface area contributed by atoms with Crippen LogP contribution in [0.4, 0.5) is 11.4 Å². The first-order valence-electron chi connectivity index (χ1n) is 5.42. The molecule has 1 aliphatic heterocycles. The molecule has 0 atom stereocenters. The Hall–Kier alpha value is -1.56. The van der Waals surface area contributed by atoms with Crippen molar-refractivity contribution in [2.75, 3.05) is 36.9 Å². The van der Waals surface area contributed by atoms with E-state index in [1.165, 1.54) is 10.9 Å². The SMILES string of the molecule is CCn1ncc(N)c(N2CCOCC2)c1=O. The van der Waals surface area contributed by atoms with Crippen molar-refractivity contribution < 1.29 is 4.74 Å². The number of aromatic nitrogens is 2. The van der Waals surface area contributed by atoms with E-state index in [1.54, 1.807) is 0 Å². The summed E-state index contributed by atoms with van der Waals surface area (Å²) >= 11 is 0. The second-order valence-electron chi connectivity index (χ2n) is 3.67. The minimum atomic E-state index is -0.121. The third kappa shape index (κ3) is 1.88. The molecule has 0 radical (unpaired) electrons. The summed E-state index contributed by atoms with van der Waals surface area (Å²) in [6.45, 7) is 5.10. The molecule has 0 spiro atoms. The van der Waals surface area contributed by atoms with Gasteiger partial charge in [-0.15, -0.1) is 0 Å². The van der Waals surface area contributed by atoms with E-state index in [2.05, 4.69) is 5.10 Å². The summed E-state index contributed by atoms with van der Waals surface area (Å²) in [4.78, 5) is 14.0. The molecule has 0 aromatic carbocycles. The van der Waals surface area contributed by atoms with Crippen LogP contribution in [0.2, 0.25) is 0 Å². The van der Waals surface area contributed by atoms with Crippen LogP contribution in [-0.4, -0.2) is 36.1 Å². The Morgan fingerprint density at radius 3 is 2.81 bits per heavy atom. The summed E-state index contributed by atoms with van der Waals surface area (Å²) in [7, 11) is 0. The Balaban J connectivity index is 2.41. The van der Waals surface area contributed by atoms with Crippen LogP contribution in [0, 0.1) is 0 Å². The fourth-order valence-electron chi connectivity index (χ4n) is 1.82. The number of nitrogens with two attached hydrogens (primary N) is 1. The average molecular weight is 224 g/mol. The average Bonchev–Trinajstić information content (AvgIpc) is 2.31. The first kappa shape index (κ1) is 10.9. The summed E-state index contributed by atoms with van der Waals surface area (Å²) in [6.07, 6.45) is 1.54. The summed E-state index contributed by atoms with van der Waals surface area (Å²) in [5.74, 6) is 0. The van der Waals surface area contributed by atoms with Crippen molar-refractivity contribution in [3.63, 3.8) is 0 Å². The smallest absolute Gasteiger partial charge is 0.292 e. The van der Waals surface area contributed by atoms with Crippen LogP contribution in [0.5, 0.6) is 0 Å². The maximum Gasteiger partial charge on any atom is 0.292 e. The van der Waals surface area contributed by atoms with Gasteiger partial charge < -0.3 is 15.4 Å². The van der Waals surface area contributed by atoms with Crippen LogP contribution in [0.3, 0.4) is 0 Å². The quantitative estimate of drug-likeness (QED) is 0.745. The van der Waals surface area contributed by atoms with Crippen molar-refractivity contribution in [2.45, 2.75) is 13.5 Å². The van der Waals surface area contributed by atoms with Gasteiger partial charge in [0.2, 0.25) is 0 Å². The lowest BCUT2D eigenvalue weighted by molar-refractivity contribution is 0.122. The molecule has 0 bridgehead atoms. The Morgan fingerprint density at radius 1 is 1.50 bits per heavy atom. The molecule has 1 aromatic heterocycles. The van der Waals surface area contributed by atoms with E-state index in [4.69, 9.17) is 10.5 Å². The van der Waals surface area contributed by atoms with Gasteiger partial charge in [-0.2, -0.15) is 5.10 Å². The Morgan fingerprint density at radius 2 is 2.19 bits per heavy atom. The highest BCUT2D eigenvalue weighted by atomic mass is 16.5. The Kier molecular flexibility index (Phi) is 3.09. The topological polar surface area (TPSA) is 73.4 Å². The van der Waals surface area contributed by atoms with E-state index in [1.807, 2.05) is 11.8 Å². The van der Waals surface area contributed by atoms with Crippen molar-refractivity contribution in [2.24, 2.45) is 0 Å². The lowest BCUT2D eigenvalue weighted by Gasteiger charge is -2.29. The molecule has 1 saturated heterocycles. The normalized spacial score (nSPS) is 16.4. The second kappa shape index (κ2) is 4.52. The molecule has 2 N–H and O–H groups in total. The minimum Gasteiger partial charge on any atom is -0.396 e. The fraction of sp³-hybridized carbons (Fsp3) is 0.600. The molecule has 0 amide bonds. The van der Waals surface area contributed by atoms with Gasteiger partial charge in [-0.05, 0) is 6.92 Å². The van der Waals surface area contributed by atoms with Gasteiger partial charge in [0, 0.05) is 19.6 Å². The maximum atomic E-state index is 12.1. The highest BCUT2D eigenvalue weighted by Gasteiger charge is 2.18. The van der Waals surface area contributed by atoms with E-state index < -0.39 is 0 Å². The zero-order valence-corrected chi connectivity index (χ0v) is 9.35. The van der Waals surface area contributed by atoms with Gasteiger partial charge in [0.25, 0.3) is 5.56 Å². The molecule has 16 heavy (non-hydrogen) atoms. The van der Waals surface area contributed by atoms with E-state index >= 15 is 0 Å². The van der Waals surface area contributed by atoms with Crippen molar-refractivity contribution >= 4 is 11.4 Å².